The summed E-state index contributed by atoms with van der Waals surface area (Å²) in [5, 5.41) is 15.0. The minimum Gasteiger partial charge on any atom is -0.493 e. The number of hydrogen-bond donors (Lipinski definition) is 3. The van der Waals surface area contributed by atoms with Gasteiger partial charge in [-0.15, -0.1) is 0 Å². The quantitative estimate of drug-likeness (QED) is 0.376. The van der Waals surface area contributed by atoms with Crippen LogP contribution in [0.4, 0.5) is 10.2 Å². The van der Waals surface area contributed by atoms with Crippen molar-refractivity contribution in [3.8, 4) is 5.75 Å². The van der Waals surface area contributed by atoms with Crippen molar-refractivity contribution in [3.63, 3.8) is 0 Å². The molecule has 0 unspecified atom stereocenters. The van der Waals surface area contributed by atoms with E-state index >= 15 is 0 Å². The molecule has 3 rings (SSSR count). The molecule has 7 nitrogen and oxygen atoms in total. The number of nitrogens with one attached hydrogen (secondary N) is 2. The highest BCUT2D eigenvalue weighted by atomic mass is 79.9. The van der Waals surface area contributed by atoms with E-state index in [1.54, 1.807) is 24.3 Å². The van der Waals surface area contributed by atoms with E-state index in [2.05, 4.69) is 31.5 Å². The zero-order valence-corrected chi connectivity index (χ0v) is 19.4. The van der Waals surface area contributed by atoms with Gasteiger partial charge in [0.25, 0.3) is 5.91 Å². The number of halogens is 2. The third-order valence-corrected chi connectivity index (χ3v) is 5.52. The Balaban J connectivity index is 1.56. The Bertz CT molecular complexity index is 1120. The first kappa shape index (κ1) is 24.2. The molecule has 0 saturated heterocycles. The molecular weight excluding hydrogens is 493 g/mol. The number of carboxylic acid groups (broad SMARTS) is 1. The number of carboxylic acids is 1. The summed E-state index contributed by atoms with van der Waals surface area (Å²) in [4.78, 5) is 28.6. The van der Waals surface area contributed by atoms with Crippen LogP contribution in [0, 0.1) is 5.82 Å². The second-order valence-electron chi connectivity index (χ2n) is 7.20. The summed E-state index contributed by atoms with van der Waals surface area (Å²) in [5.41, 5.74) is 1.64. The van der Waals surface area contributed by atoms with Crippen molar-refractivity contribution >= 4 is 33.6 Å². The molecular formula is C24H23BrFN3O4. The average molecular weight is 516 g/mol. The van der Waals surface area contributed by atoms with Gasteiger partial charge in [0.05, 0.1) is 12.2 Å². The van der Waals surface area contributed by atoms with E-state index in [1.807, 2.05) is 25.2 Å². The number of aliphatic carboxylic acids is 1. The minimum atomic E-state index is -1.19. The highest BCUT2D eigenvalue weighted by molar-refractivity contribution is 9.10. The molecule has 3 N–H and O–H groups in total. The molecule has 3 aromatic rings. The maximum atomic E-state index is 13.5. The van der Waals surface area contributed by atoms with Crippen molar-refractivity contribution in [1.82, 2.24) is 10.3 Å². The van der Waals surface area contributed by atoms with E-state index in [4.69, 9.17) is 4.74 Å². The molecule has 1 aromatic heterocycles. The number of carbonyl (C=O) groups excluding carboxylic acids is 1. The molecule has 1 atom stereocenters. The number of rotatable bonds is 10. The number of pyridine rings is 1. The predicted molar refractivity (Wildman–Crippen MR) is 126 cm³/mol. The van der Waals surface area contributed by atoms with Crippen molar-refractivity contribution in [3.05, 3.63) is 87.8 Å². The SMILES string of the molecule is CNc1cccc(CCOc2ccc(C[C@H](NC(=O)c3cc(F)ccc3Br)C(=O)O)cc2)n1. The van der Waals surface area contributed by atoms with Crippen molar-refractivity contribution in [2.24, 2.45) is 0 Å². The first-order valence-corrected chi connectivity index (χ1v) is 11.0. The standard InChI is InChI=1S/C24H23BrFN3O4/c1-27-22-4-2-3-17(28-22)11-12-33-18-8-5-15(6-9-18)13-21(24(31)32)29-23(30)19-14-16(26)7-10-20(19)25/h2-10,14,21H,11-13H2,1H3,(H,27,28)(H,29,30)(H,31,32)/t21-/m0/s1. The van der Waals surface area contributed by atoms with Gasteiger partial charge < -0.3 is 20.5 Å². The van der Waals surface area contributed by atoms with Crippen LogP contribution in [0.3, 0.4) is 0 Å². The number of ether oxygens (including phenoxy) is 1. The number of amides is 1. The zero-order chi connectivity index (χ0) is 23.8. The van der Waals surface area contributed by atoms with Crippen LogP contribution >= 0.6 is 15.9 Å². The fourth-order valence-electron chi connectivity index (χ4n) is 3.10. The molecule has 0 fully saturated rings. The molecule has 1 heterocycles. The maximum absolute atomic E-state index is 13.5. The van der Waals surface area contributed by atoms with Gasteiger partial charge in [-0.05, 0) is 64.0 Å². The summed E-state index contributed by atoms with van der Waals surface area (Å²) in [6.07, 6.45) is 0.703. The molecule has 0 spiro atoms. The van der Waals surface area contributed by atoms with Gasteiger partial charge in [0.15, 0.2) is 0 Å². The lowest BCUT2D eigenvalue weighted by Gasteiger charge is -2.16. The number of anilines is 1. The second kappa shape index (κ2) is 11.4. The Labute approximate surface area is 199 Å². The third kappa shape index (κ3) is 7.01. The summed E-state index contributed by atoms with van der Waals surface area (Å²) < 4.78 is 19.6. The van der Waals surface area contributed by atoms with Crippen LogP contribution in [0.2, 0.25) is 0 Å². The molecule has 0 saturated carbocycles. The van der Waals surface area contributed by atoms with E-state index in [9.17, 15) is 19.1 Å². The summed E-state index contributed by atoms with van der Waals surface area (Å²) in [7, 11) is 1.81. The molecule has 33 heavy (non-hydrogen) atoms. The van der Waals surface area contributed by atoms with Crippen molar-refractivity contribution in [1.29, 1.82) is 0 Å². The van der Waals surface area contributed by atoms with E-state index < -0.39 is 23.7 Å². The fraction of sp³-hybridized carbons (Fsp3) is 0.208. The molecule has 0 radical (unpaired) electrons. The van der Waals surface area contributed by atoms with E-state index in [0.717, 1.165) is 17.6 Å². The lowest BCUT2D eigenvalue weighted by molar-refractivity contribution is -0.139. The summed E-state index contributed by atoms with van der Waals surface area (Å²) in [6, 6.07) is 15.2. The van der Waals surface area contributed by atoms with Gasteiger partial charge in [-0.3, -0.25) is 4.79 Å². The molecule has 1 amide bonds. The van der Waals surface area contributed by atoms with Gasteiger partial charge >= 0.3 is 5.97 Å². The van der Waals surface area contributed by atoms with Gasteiger partial charge in [-0.25, -0.2) is 14.2 Å². The fourth-order valence-corrected chi connectivity index (χ4v) is 3.52. The van der Waals surface area contributed by atoms with Crippen molar-refractivity contribution in [2.75, 3.05) is 19.0 Å². The maximum Gasteiger partial charge on any atom is 0.326 e. The zero-order valence-electron chi connectivity index (χ0n) is 17.8. The van der Waals surface area contributed by atoms with Crippen LogP contribution in [-0.2, 0) is 17.6 Å². The number of carbonyl (C=O) groups is 2. The Morgan fingerprint density at radius 2 is 1.91 bits per heavy atom. The Hall–Kier alpha value is -3.46. The number of nitrogens with zero attached hydrogens (tertiary/aromatic N) is 1. The van der Waals surface area contributed by atoms with Crippen LogP contribution in [-0.4, -0.2) is 41.7 Å². The predicted octanol–water partition coefficient (Wildman–Crippen LogP) is 4.07. The molecule has 0 aliphatic carbocycles. The molecule has 9 heteroatoms. The van der Waals surface area contributed by atoms with Crippen LogP contribution < -0.4 is 15.4 Å². The van der Waals surface area contributed by atoms with Crippen LogP contribution in [0.5, 0.6) is 5.75 Å². The van der Waals surface area contributed by atoms with Crippen LogP contribution in [0.25, 0.3) is 0 Å². The Kier molecular flexibility index (Phi) is 8.37. The lowest BCUT2D eigenvalue weighted by atomic mass is 10.1. The van der Waals surface area contributed by atoms with Gasteiger partial charge in [0.2, 0.25) is 0 Å². The molecule has 0 aliphatic heterocycles. The monoisotopic (exact) mass is 515 g/mol. The number of benzene rings is 2. The van der Waals surface area contributed by atoms with Gasteiger partial charge in [0, 0.05) is 30.1 Å². The molecule has 2 aromatic carbocycles. The van der Waals surface area contributed by atoms with E-state index in [0.29, 0.717) is 28.8 Å². The largest absolute Gasteiger partial charge is 0.493 e. The minimum absolute atomic E-state index is 0.0275. The van der Waals surface area contributed by atoms with E-state index in [-0.39, 0.29) is 12.0 Å². The van der Waals surface area contributed by atoms with Gasteiger partial charge in [-0.1, -0.05) is 18.2 Å². The molecule has 172 valence electrons. The second-order valence-corrected chi connectivity index (χ2v) is 8.05. The number of aromatic nitrogens is 1. The summed E-state index contributed by atoms with van der Waals surface area (Å²) in [5.74, 6) is -1.02. The normalized spacial score (nSPS) is 11.5. The Morgan fingerprint density at radius 3 is 2.61 bits per heavy atom. The van der Waals surface area contributed by atoms with Crippen molar-refractivity contribution < 1.29 is 23.8 Å². The smallest absolute Gasteiger partial charge is 0.326 e. The summed E-state index contributed by atoms with van der Waals surface area (Å²) >= 11 is 3.18. The van der Waals surface area contributed by atoms with Gasteiger partial charge in [-0.2, -0.15) is 0 Å². The number of hydrogen-bond acceptors (Lipinski definition) is 5. The first-order chi connectivity index (χ1) is 15.9. The lowest BCUT2D eigenvalue weighted by Crippen LogP contribution is -2.42. The van der Waals surface area contributed by atoms with Crippen LogP contribution in [0.1, 0.15) is 21.6 Å². The van der Waals surface area contributed by atoms with E-state index in [1.165, 1.54) is 12.1 Å². The Morgan fingerprint density at radius 1 is 1.15 bits per heavy atom. The highest BCUT2D eigenvalue weighted by Crippen LogP contribution is 2.19. The molecule has 0 bridgehead atoms. The van der Waals surface area contributed by atoms with Gasteiger partial charge in [0.1, 0.15) is 23.4 Å². The average Bonchev–Trinajstić information content (AvgIpc) is 2.81. The van der Waals surface area contributed by atoms with Crippen LogP contribution in [0.15, 0.2) is 65.1 Å². The highest BCUT2D eigenvalue weighted by Gasteiger charge is 2.22. The first-order valence-electron chi connectivity index (χ1n) is 10.2. The third-order valence-electron chi connectivity index (χ3n) is 4.83. The van der Waals surface area contributed by atoms with Crippen molar-refractivity contribution in [2.45, 2.75) is 18.9 Å². The molecule has 0 aliphatic rings. The topological polar surface area (TPSA) is 101 Å². The summed E-state index contributed by atoms with van der Waals surface area (Å²) in [6.45, 7) is 0.440.